The smallest absolute Gasteiger partial charge is 0.383 e. The van der Waals surface area contributed by atoms with Crippen LogP contribution in [0.2, 0.25) is 0 Å². The molecule has 116 valence electrons. The molecule has 1 aromatic rings. The summed E-state index contributed by atoms with van der Waals surface area (Å²) in [5, 5.41) is 6.28. The van der Waals surface area contributed by atoms with E-state index in [1.807, 2.05) is 0 Å². The van der Waals surface area contributed by atoms with Gasteiger partial charge in [0.2, 0.25) is 5.91 Å². The van der Waals surface area contributed by atoms with Crippen molar-refractivity contribution in [3.05, 3.63) is 29.3 Å². The molecule has 21 heavy (non-hydrogen) atoms. The number of hydrogen-bond donors (Lipinski definition) is 3. The lowest BCUT2D eigenvalue weighted by Crippen LogP contribution is -2.39. The lowest BCUT2D eigenvalue weighted by atomic mass is 10.0. The Balaban J connectivity index is 2.11. The molecule has 7 heteroatoms. The molecule has 1 atom stereocenters. The summed E-state index contributed by atoms with van der Waals surface area (Å²) in [5.41, 5.74) is 3.80. The van der Waals surface area contributed by atoms with E-state index in [4.69, 9.17) is 5.73 Å². The Morgan fingerprint density at radius 3 is 2.71 bits per heavy atom. The van der Waals surface area contributed by atoms with Gasteiger partial charge in [-0.25, -0.2) is 0 Å². The van der Waals surface area contributed by atoms with Gasteiger partial charge in [-0.1, -0.05) is 6.42 Å². The third-order valence-corrected chi connectivity index (χ3v) is 3.56. The van der Waals surface area contributed by atoms with Gasteiger partial charge in [0.1, 0.15) is 0 Å². The predicted octanol–water partition coefficient (Wildman–Crippen LogP) is 2.36. The molecule has 4 N–H and O–H groups in total. The summed E-state index contributed by atoms with van der Waals surface area (Å²) in [4.78, 5) is 11.1. The van der Waals surface area contributed by atoms with E-state index in [0.29, 0.717) is 12.2 Å². The zero-order valence-electron chi connectivity index (χ0n) is 11.5. The summed E-state index contributed by atoms with van der Waals surface area (Å²) >= 11 is 0. The quantitative estimate of drug-likeness (QED) is 0.800. The SMILES string of the molecule is NC(=O)c1ccc(NCC2CCCCN2)cc1C(F)(F)F. The molecule has 1 heterocycles. The van der Waals surface area contributed by atoms with Crippen LogP contribution in [-0.4, -0.2) is 25.0 Å². The second-order valence-corrected chi connectivity index (χ2v) is 5.15. The highest BCUT2D eigenvalue weighted by atomic mass is 19.4. The normalized spacial score (nSPS) is 19.3. The van der Waals surface area contributed by atoms with Gasteiger partial charge in [-0.15, -0.1) is 0 Å². The van der Waals surface area contributed by atoms with Crippen molar-refractivity contribution in [3.63, 3.8) is 0 Å². The van der Waals surface area contributed by atoms with Crippen molar-refractivity contribution in [3.8, 4) is 0 Å². The fourth-order valence-electron chi connectivity index (χ4n) is 2.44. The maximum absolute atomic E-state index is 12.9. The number of halogens is 3. The molecule has 1 aliphatic rings. The van der Waals surface area contributed by atoms with Crippen molar-refractivity contribution in [2.24, 2.45) is 5.73 Å². The molecule has 4 nitrogen and oxygen atoms in total. The first-order chi connectivity index (χ1) is 9.88. The second-order valence-electron chi connectivity index (χ2n) is 5.15. The summed E-state index contributed by atoms with van der Waals surface area (Å²) < 4.78 is 38.8. The molecule has 0 spiro atoms. The number of rotatable bonds is 4. The Labute approximate surface area is 120 Å². The lowest BCUT2D eigenvalue weighted by molar-refractivity contribution is -0.137. The summed E-state index contributed by atoms with van der Waals surface area (Å²) in [6, 6.07) is 3.74. The van der Waals surface area contributed by atoms with Crippen LogP contribution in [0.4, 0.5) is 18.9 Å². The Bertz CT molecular complexity index is 511. The van der Waals surface area contributed by atoms with Gasteiger partial charge in [0.25, 0.3) is 0 Å². The Kier molecular flexibility index (Phi) is 4.72. The number of piperidine rings is 1. The van der Waals surface area contributed by atoms with Crippen molar-refractivity contribution in [2.45, 2.75) is 31.5 Å². The molecule has 1 saturated heterocycles. The number of primary amides is 1. The Hall–Kier alpha value is -1.76. The number of nitrogens with one attached hydrogen (secondary N) is 2. The molecule has 0 radical (unpaired) electrons. The number of alkyl halides is 3. The number of carbonyl (C=O) groups is 1. The van der Waals surface area contributed by atoms with Gasteiger partial charge in [-0.05, 0) is 37.6 Å². The summed E-state index contributed by atoms with van der Waals surface area (Å²) in [5.74, 6) is -1.08. The molecule has 0 aliphatic carbocycles. The van der Waals surface area contributed by atoms with Gasteiger partial charge in [0.15, 0.2) is 0 Å². The third kappa shape index (κ3) is 4.10. The first kappa shape index (κ1) is 15.6. The van der Waals surface area contributed by atoms with E-state index in [2.05, 4.69) is 10.6 Å². The van der Waals surface area contributed by atoms with Gasteiger partial charge >= 0.3 is 6.18 Å². The number of nitrogens with two attached hydrogens (primary N) is 1. The first-order valence-corrected chi connectivity index (χ1v) is 6.86. The molecule has 1 unspecified atom stereocenters. The van der Waals surface area contributed by atoms with Crippen LogP contribution in [-0.2, 0) is 6.18 Å². The van der Waals surface area contributed by atoms with Crippen molar-refractivity contribution in [1.82, 2.24) is 5.32 Å². The minimum atomic E-state index is -4.61. The average molecular weight is 301 g/mol. The van der Waals surface area contributed by atoms with Crippen molar-refractivity contribution < 1.29 is 18.0 Å². The Morgan fingerprint density at radius 1 is 1.38 bits per heavy atom. The van der Waals surface area contributed by atoms with Crippen LogP contribution in [0.1, 0.15) is 35.2 Å². The van der Waals surface area contributed by atoms with E-state index in [0.717, 1.165) is 37.9 Å². The number of carbonyl (C=O) groups excluding carboxylic acids is 1. The number of amides is 1. The second kappa shape index (κ2) is 6.34. The largest absolute Gasteiger partial charge is 0.417 e. The van der Waals surface area contributed by atoms with E-state index in [-0.39, 0.29) is 6.04 Å². The molecule has 2 rings (SSSR count). The molecule has 1 aromatic carbocycles. The van der Waals surface area contributed by atoms with Gasteiger partial charge < -0.3 is 16.4 Å². The van der Waals surface area contributed by atoms with Gasteiger partial charge in [0.05, 0.1) is 11.1 Å². The maximum atomic E-state index is 12.9. The van der Waals surface area contributed by atoms with Crippen molar-refractivity contribution in [2.75, 3.05) is 18.4 Å². The average Bonchev–Trinajstić information content (AvgIpc) is 2.45. The van der Waals surface area contributed by atoms with E-state index in [9.17, 15) is 18.0 Å². The highest BCUT2D eigenvalue weighted by molar-refractivity contribution is 5.95. The van der Waals surface area contributed by atoms with Crippen molar-refractivity contribution >= 4 is 11.6 Å². The van der Waals surface area contributed by atoms with Gasteiger partial charge in [-0.3, -0.25) is 4.79 Å². The molecule has 0 bridgehead atoms. The van der Waals surface area contributed by atoms with Crippen LogP contribution in [0.25, 0.3) is 0 Å². The van der Waals surface area contributed by atoms with Gasteiger partial charge in [0, 0.05) is 18.3 Å². The highest BCUT2D eigenvalue weighted by Crippen LogP contribution is 2.33. The van der Waals surface area contributed by atoms with E-state index in [1.165, 1.54) is 6.07 Å². The van der Waals surface area contributed by atoms with Crippen LogP contribution in [0.3, 0.4) is 0 Å². The maximum Gasteiger partial charge on any atom is 0.417 e. The zero-order valence-corrected chi connectivity index (χ0v) is 11.5. The van der Waals surface area contributed by atoms with E-state index >= 15 is 0 Å². The summed E-state index contributed by atoms with van der Waals surface area (Å²) in [6.45, 7) is 1.48. The molecule has 1 fully saturated rings. The molecule has 1 amide bonds. The molecule has 0 saturated carbocycles. The molecule has 0 aromatic heterocycles. The first-order valence-electron chi connectivity index (χ1n) is 6.86. The predicted molar refractivity (Wildman–Crippen MR) is 74.1 cm³/mol. The fourth-order valence-corrected chi connectivity index (χ4v) is 2.44. The van der Waals surface area contributed by atoms with Crippen molar-refractivity contribution in [1.29, 1.82) is 0 Å². The molecular formula is C14H18F3N3O. The minimum absolute atomic E-state index is 0.254. The number of benzene rings is 1. The summed E-state index contributed by atoms with van der Waals surface area (Å²) in [6.07, 6.45) is -1.36. The standard InChI is InChI=1S/C14H18F3N3O/c15-14(16,17)12-7-9(4-5-11(12)13(18)21)20-8-10-3-1-2-6-19-10/h4-5,7,10,19-20H,1-3,6,8H2,(H2,18,21). The summed E-state index contributed by atoms with van der Waals surface area (Å²) in [7, 11) is 0. The van der Waals surface area contributed by atoms with Crippen LogP contribution < -0.4 is 16.4 Å². The van der Waals surface area contributed by atoms with E-state index < -0.39 is 23.2 Å². The molecular weight excluding hydrogens is 283 g/mol. The third-order valence-electron chi connectivity index (χ3n) is 3.56. The van der Waals surface area contributed by atoms with Crippen LogP contribution in [0, 0.1) is 0 Å². The number of anilines is 1. The Morgan fingerprint density at radius 2 is 2.14 bits per heavy atom. The highest BCUT2D eigenvalue weighted by Gasteiger charge is 2.35. The van der Waals surface area contributed by atoms with Crippen LogP contribution >= 0.6 is 0 Å². The number of hydrogen-bond acceptors (Lipinski definition) is 3. The topological polar surface area (TPSA) is 67.2 Å². The fraction of sp³-hybridized carbons (Fsp3) is 0.500. The monoisotopic (exact) mass is 301 g/mol. The lowest BCUT2D eigenvalue weighted by Gasteiger charge is -2.24. The van der Waals surface area contributed by atoms with Crippen LogP contribution in [0.15, 0.2) is 18.2 Å². The van der Waals surface area contributed by atoms with E-state index in [1.54, 1.807) is 0 Å². The zero-order chi connectivity index (χ0) is 15.5. The minimum Gasteiger partial charge on any atom is -0.383 e. The van der Waals surface area contributed by atoms with Crippen LogP contribution in [0.5, 0.6) is 0 Å². The van der Waals surface area contributed by atoms with Gasteiger partial charge in [-0.2, -0.15) is 13.2 Å². The molecule has 1 aliphatic heterocycles.